The number of rotatable bonds is 4. The van der Waals surface area contributed by atoms with Crippen molar-refractivity contribution < 1.29 is 4.42 Å². The van der Waals surface area contributed by atoms with E-state index in [1.165, 1.54) is 0 Å². The number of nitrogens with two attached hydrogens (primary N) is 1. The van der Waals surface area contributed by atoms with Crippen molar-refractivity contribution in [2.45, 2.75) is 19.4 Å². The molecule has 6 heteroatoms. The van der Waals surface area contributed by atoms with Gasteiger partial charge >= 0.3 is 0 Å². The Kier molecular flexibility index (Phi) is 4.07. The summed E-state index contributed by atoms with van der Waals surface area (Å²) in [7, 11) is 0. The summed E-state index contributed by atoms with van der Waals surface area (Å²) in [5.74, 6) is 0. The van der Waals surface area contributed by atoms with E-state index in [1.54, 1.807) is 0 Å². The van der Waals surface area contributed by atoms with Gasteiger partial charge in [-0.2, -0.15) is 4.98 Å². The van der Waals surface area contributed by atoms with Crippen LogP contribution in [0.3, 0.4) is 0 Å². The number of fused-ring (bicyclic) bond motifs is 1. The molecule has 0 amide bonds. The van der Waals surface area contributed by atoms with Crippen LogP contribution < -0.4 is 10.6 Å². The highest BCUT2D eigenvalue weighted by atomic mass is 32.1. The number of hydrogen-bond acceptors (Lipinski definition) is 5. The summed E-state index contributed by atoms with van der Waals surface area (Å²) >= 11 is 5.16. The average molecular weight is 304 g/mol. The minimum absolute atomic E-state index is 0.200. The molecular formula is C15H20N4OS. The molecule has 21 heavy (non-hydrogen) atoms. The van der Waals surface area contributed by atoms with Crippen LogP contribution in [0.15, 0.2) is 28.7 Å². The molecule has 3 rings (SSSR count). The molecule has 1 aliphatic heterocycles. The normalized spacial score (nSPS) is 18.0. The minimum Gasteiger partial charge on any atom is -0.423 e. The summed E-state index contributed by atoms with van der Waals surface area (Å²) < 4.78 is 5.82. The average Bonchev–Trinajstić information content (AvgIpc) is 2.92. The highest BCUT2D eigenvalue weighted by Gasteiger charge is 2.26. The van der Waals surface area contributed by atoms with E-state index in [0.717, 1.165) is 43.7 Å². The number of piperazine rings is 1. The molecule has 2 aromatic rings. The second-order valence-electron chi connectivity index (χ2n) is 5.31. The summed E-state index contributed by atoms with van der Waals surface area (Å²) in [5.41, 5.74) is 7.56. The second-order valence-corrected chi connectivity index (χ2v) is 5.79. The van der Waals surface area contributed by atoms with Crippen molar-refractivity contribution >= 4 is 34.3 Å². The van der Waals surface area contributed by atoms with Crippen LogP contribution in [0.25, 0.3) is 11.1 Å². The zero-order valence-electron chi connectivity index (χ0n) is 12.2. The van der Waals surface area contributed by atoms with Crippen LogP contribution in [0.5, 0.6) is 0 Å². The van der Waals surface area contributed by atoms with Gasteiger partial charge < -0.3 is 15.1 Å². The van der Waals surface area contributed by atoms with Crippen LogP contribution in [0, 0.1) is 0 Å². The zero-order valence-corrected chi connectivity index (χ0v) is 13.0. The van der Waals surface area contributed by atoms with Crippen molar-refractivity contribution in [2.75, 3.05) is 31.1 Å². The SMILES string of the molecule is CCC(C(N)=S)N1CCN(c2nc3ccccc3o2)CC1. The van der Waals surface area contributed by atoms with E-state index in [2.05, 4.69) is 21.7 Å². The number of anilines is 1. The number of thiocarbonyl (C=S) groups is 1. The largest absolute Gasteiger partial charge is 0.423 e. The maximum Gasteiger partial charge on any atom is 0.298 e. The van der Waals surface area contributed by atoms with Crippen LogP contribution in [-0.4, -0.2) is 47.1 Å². The van der Waals surface area contributed by atoms with Crippen molar-refractivity contribution in [3.63, 3.8) is 0 Å². The molecule has 1 aliphatic rings. The number of oxazole rings is 1. The lowest BCUT2D eigenvalue weighted by Crippen LogP contribution is -2.53. The van der Waals surface area contributed by atoms with E-state index in [1.807, 2.05) is 24.3 Å². The van der Waals surface area contributed by atoms with Gasteiger partial charge in [-0.25, -0.2) is 0 Å². The van der Waals surface area contributed by atoms with Crippen LogP contribution in [0.2, 0.25) is 0 Å². The van der Waals surface area contributed by atoms with E-state index in [9.17, 15) is 0 Å². The van der Waals surface area contributed by atoms with E-state index >= 15 is 0 Å². The van der Waals surface area contributed by atoms with Crippen LogP contribution in [0.4, 0.5) is 6.01 Å². The Morgan fingerprint density at radius 1 is 1.33 bits per heavy atom. The van der Waals surface area contributed by atoms with Crippen LogP contribution >= 0.6 is 12.2 Å². The van der Waals surface area contributed by atoms with Crippen LogP contribution in [-0.2, 0) is 0 Å². The molecule has 1 aromatic heterocycles. The smallest absolute Gasteiger partial charge is 0.298 e. The number of aromatic nitrogens is 1. The van der Waals surface area contributed by atoms with Gasteiger partial charge in [0.25, 0.3) is 6.01 Å². The molecule has 0 saturated carbocycles. The highest BCUT2D eigenvalue weighted by Crippen LogP contribution is 2.23. The molecule has 5 nitrogen and oxygen atoms in total. The van der Waals surface area contributed by atoms with Gasteiger partial charge in [0.05, 0.1) is 11.0 Å². The third kappa shape index (κ3) is 2.87. The molecule has 112 valence electrons. The third-order valence-corrected chi connectivity index (χ3v) is 4.30. The fourth-order valence-electron chi connectivity index (χ4n) is 2.86. The van der Waals surface area contributed by atoms with Gasteiger partial charge in [-0.05, 0) is 18.6 Å². The highest BCUT2D eigenvalue weighted by molar-refractivity contribution is 7.80. The number of nitrogens with zero attached hydrogens (tertiary/aromatic N) is 3. The molecule has 0 spiro atoms. The van der Waals surface area contributed by atoms with Crippen molar-refractivity contribution in [2.24, 2.45) is 5.73 Å². The standard InChI is InChI=1S/C15H20N4OS/c1-2-12(14(16)21)18-7-9-19(10-8-18)15-17-11-5-3-4-6-13(11)20-15/h3-6,12H,2,7-10H2,1H3,(H2,16,21). The molecule has 2 heterocycles. The fraction of sp³-hybridized carbons (Fsp3) is 0.467. The van der Waals surface area contributed by atoms with Crippen molar-refractivity contribution in [1.82, 2.24) is 9.88 Å². The van der Waals surface area contributed by atoms with Gasteiger partial charge in [0.1, 0.15) is 5.52 Å². The Bertz CT molecular complexity index is 600. The molecule has 0 bridgehead atoms. The summed E-state index contributed by atoms with van der Waals surface area (Å²) in [6, 6.07) is 8.76. The fourth-order valence-corrected chi connectivity index (χ4v) is 3.18. The first-order valence-corrected chi connectivity index (χ1v) is 7.73. The Labute approximate surface area is 129 Å². The number of benzene rings is 1. The summed E-state index contributed by atoms with van der Waals surface area (Å²) in [6.07, 6.45) is 0.957. The lowest BCUT2D eigenvalue weighted by molar-refractivity contribution is 0.221. The summed E-state index contributed by atoms with van der Waals surface area (Å²) in [6.45, 7) is 5.73. The molecule has 0 aliphatic carbocycles. The Hall–Kier alpha value is -1.66. The molecule has 1 unspecified atom stereocenters. The molecule has 2 N–H and O–H groups in total. The zero-order chi connectivity index (χ0) is 14.8. The van der Waals surface area contributed by atoms with E-state index in [0.29, 0.717) is 11.0 Å². The Morgan fingerprint density at radius 2 is 2.05 bits per heavy atom. The lowest BCUT2D eigenvalue weighted by Gasteiger charge is -2.37. The molecule has 1 fully saturated rings. The molecule has 1 aromatic carbocycles. The van der Waals surface area contributed by atoms with Gasteiger partial charge in [0.15, 0.2) is 5.58 Å². The van der Waals surface area contributed by atoms with E-state index in [-0.39, 0.29) is 6.04 Å². The van der Waals surface area contributed by atoms with Crippen molar-refractivity contribution in [3.05, 3.63) is 24.3 Å². The number of para-hydroxylation sites is 2. The predicted octanol–water partition coefficient (Wildman–Crippen LogP) is 2.01. The molecule has 1 atom stereocenters. The van der Waals surface area contributed by atoms with Gasteiger partial charge in [-0.1, -0.05) is 31.3 Å². The first-order chi connectivity index (χ1) is 10.2. The second kappa shape index (κ2) is 5.99. The van der Waals surface area contributed by atoms with Gasteiger partial charge in [-0.3, -0.25) is 4.90 Å². The maximum absolute atomic E-state index is 5.82. The first kappa shape index (κ1) is 14.3. The first-order valence-electron chi connectivity index (χ1n) is 7.33. The van der Waals surface area contributed by atoms with Crippen LogP contribution in [0.1, 0.15) is 13.3 Å². The van der Waals surface area contributed by atoms with Crippen molar-refractivity contribution in [1.29, 1.82) is 0 Å². The lowest BCUT2D eigenvalue weighted by atomic mass is 10.1. The van der Waals surface area contributed by atoms with Crippen molar-refractivity contribution in [3.8, 4) is 0 Å². The quantitative estimate of drug-likeness (QED) is 0.872. The maximum atomic E-state index is 5.82. The minimum atomic E-state index is 0.200. The molecule has 0 radical (unpaired) electrons. The summed E-state index contributed by atoms with van der Waals surface area (Å²) in [5, 5.41) is 0. The Balaban J connectivity index is 1.69. The number of hydrogen-bond donors (Lipinski definition) is 1. The molecule has 1 saturated heterocycles. The van der Waals surface area contributed by atoms with E-state index < -0.39 is 0 Å². The monoisotopic (exact) mass is 304 g/mol. The van der Waals surface area contributed by atoms with E-state index in [4.69, 9.17) is 22.4 Å². The van der Waals surface area contributed by atoms with Gasteiger partial charge in [-0.15, -0.1) is 0 Å². The van der Waals surface area contributed by atoms with Gasteiger partial charge in [0, 0.05) is 26.2 Å². The molecular weight excluding hydrogens is 284 g/mol. The topological polar surface area (TPSA) is 58.5 Å². The third-order valence-electron chi connectivity index (χ3n) is 4.02. The van der Waals surface area contributed by atoms with Gasteiger partial charge in [0.2, 0.25) is 0 Å². The summed E-state index contributed by atoms with van der Waals surface area (Å²) in [4.78, 5) is 9.67. The Morgan fingerprint density at radius 3 is 2.67 bits per heavy atom. The predicted molar refractivity (Wildman–Crippen MR) is 88.7 cm³/mol.